The van der Waals surface area contributed by atoms with Crippen LogP contribution in [0.1, 0.15) is 46.2 Å². The van der Waals surface area contributed by atoms with Crippen molar-refractivity contribution in [3.8, 4) is 5.75 Å². The molecule has 0 N–H and O–H groups in total. The highest BCUT2D eigenvalue weighted by atomic mass is 16.5. The third kappa shape index (κ3) is 3.10. The van der Waals surface area contributed by atoms with E-state index < -0.39 is 11.4 Å². The molecule has 2 aliphatic heterocycles. The zero-order chi connectivity index (χ0) is 25.9. The molecule has 6 rings (SSSR count). The lowest BCUT2D eigenvalue weighted by atomic mass is 9.83. The van der Waals surface area contributed by atoms with Crippen LogP contribution in [0.2, 0.25) is 0 Å². The van der Waals surface area contributed by atoms with E-state index in [2.05, 4.69) is 0 Å². The summed E-state index contributed by atoms with van der Waals surface area (Å²) < 4.78 is 11.4. The molecule has 1 spiro atoms. The SMILES string of the molecule is CCCN1C(=O)C2(c3ccccc31)c1c(oc3ccc(C)cc3c1=O)C(=O)N2Cc1ccc(OC)cc1. The van der Waals surface area contributed by atoms with Crippen LogP contribution in [-0.4, -0.2) is 30.4 Å². The summed E-state index contributed by atoms with van der Waals surface area (Å²) >= 11 is 0. The Kier molecular flexibility index (Phi) is 5.19. The Morgan fingerprint density at radius 2 is 1.73 bits per heavy atom. The smallest absolute Gasteiger partial charge is 0.291 e. The molecule has 0 fully saturated rings. The van der Waals surface area contributed by atoms with Gasteiger partial charge in [-0.1, -0.05) is 48.9 Å². The zero-order valence-electron chi connectivity index (χ0n) is 20.9. The number of rotatable bonds is 5. The van der Waals surface area contributed by atoms with E-state index in [-0.39, 0.29) is 29.2 Å². The Hall–Kier alpha value is -4.39. The van der Waals surface area contributed by atoms with Crippen molar-refractivity contribution < 1.29 is 18.7 Å². The van der Waals surface area contributed by atoms with Gasteiger partial charge in [-0.15, -0.1) is 0 Å². The molecule has 1 aromatic heterocycles. The number of amides is 2. The van der Waals surface area contributed by atoms with Crippen molar-refractivity contribution in [1.82, 2.24) is 4.90 Å². The molecule has 1 atom stereocenters. The number of fused-ring (bicyclic) bond motifs is 5. The van der Waals surface area contributed by atoms with Crippen molar-refractivity contribution >= 4 is 28.5 Å². The van der Waals surface area contributed by atoms with E-state index in [1.807, 2.05) is 68.4 Å². The Morgan fingerprint density at radius 3 is 2.46 bits per heavy atom. The first-order valence-corrected chi connectivity index (χ1v) is 12.4. The average molecular weight is 495 g/mol. The van der Waals surface area contributed by atoms with Gasteiger partial charge in [0.1, 0.15) is 11.3 Å². The number of nitrogens with zero attached hydrogens (tertiary/aromatic N) is 2. The predicted molar refractivity (Wildman–Crippen MR) is 140 cm³/mol. The van der Waals surface area contributed by atoms with Crippen molar-refractivity contribution in [2.24, 2.45) is 0 Å². The first-order valence-electron chi connectivity index (χ1n) is 12.4. The highest BCUT2D eigenvalue weighted by Crippen LogP contribution is 2.53. The van der Waals surface area contributed by atoms with Gasteiger partial charge in [0, 0.05) is 18.7 Å². The summed E-state index contributed by atoms with van der Waals surface area (Å²) in [5, 5.41) is 0.358. The number of benzene rings is 3. The van der Waals surface area contributed by atoms with Gasteiger partial charge >= 0.3 is 0 Å². The minimum Gasteiger partial charge on any atom is -0.497 e. The lowest BCUT2D eigenvalue weighted by Crippen LogP contribution is -2.53. The van der Waals surface area contributed by atoms with E-state index in [1.54, 1.807) is 24.1 Å². The summed E-state index contributed by atoms with van der Waals surface area (Å²) in [6.07, 6.45) is 0.723. The van der Waals surface area contributed by atoms with Crippen LogP contribution in [0.15, 0.2) is 75.9 Å². The van der Waals surface area contributed by atoms with Crippen molar-refractivity contribution in [2.75, 3.05) is 18.6 Å². The summed E-state index contributed by atoms with van der Waals surface area (Å²) in [6, 6.07) is 20.0. The fourth-order valence-electron chi connectivity index (χ4n) is 5.68. The van der Waals surface area contributed by atoms with Gasteiger partial charge in [-0.25, -0.2) is 0 Å². The van der Waals surface area contributed by atoms with Crippen molar-refractivity contribution in [1.29, 1.82) is 0 Å². The molecule has 4 aromatic rings. The quantitative estimate of drug-likeness (QED) is 0.400. The molecule has 7 heteroatoms. The molecule has 1 unspecified atom stereocenters. The van der Waals surface area contributed by atoms with E-state index >= 15 is 0 Å². The van der Waals surface area contributed by atoms with E-state index in [0.717, 1.165) is 17.5 Å². The number of methoxy groups -OCH3 is 1. The third-order valence-corrected chi connectivity index (χ3v) is 7.34. The van der Waals surface area contributed by atoms with E-state index in [4.69, 9.17) is 9.15 Å². The molecule has 3 aromatic carbocycles. The molecule has 0 bridgehead atoms. The second-order valence-electron chi connectivity index (χ2n) is 9.56. The van der Waals surface area contributed by atoms with Crippen LogP contribution in [0, 0.1) is 6.92 Å². The van der Waals surface area contributed by atoms with Crippen LogP contribution in [0.25, 0.3) is 11.0 Å². The molecule has 3 heterocycles. The number of ether oxygens (including phenoxy) is 1. The lowest BCUT2D eigenvalue weighted by molar-refractivity contribution is -0.126. The molecule has 37 heavy (non-hydrogen) atoms. The van der Waals surface area contributed by atoms with Crippen molar-refractivity contribution in [3.63, 3.8) is 0 Å². The molecule has 0 saturated carbocycles. The van der Waals surface area contributed by atoms with Crippen LogP contribution in [0.3, 0.4) is 0 Å². The Bertz CT molecular complexity index is 1640. The normalized spacial score (nSPS) is 18.1. The number of para-hydroxylation sites is 1. The van der Waals surface area contributed by atoms with Gasteiger partial charge in [0.15, 0.2) is 11.0 Å². The van der Waals surface area contributed by atoms with E-state index in [1.165, 1.54) is 4.90 Å². The predicted octanol–water partition coefficient (Wildman–Crippen LogP) is 4.77. The maximum absolute atomic E-state index is 14.5. The number of hydrogen-bond acceptors (Lipinski definition) is 5. The van der Waals surface area contributed by atoms with Crippen molar-refractivity contribution in [2.45, 2.75) is 32.4 Å². The lowest BCUT2D eigenvalue weighted by Gasteiger charge is -2.34. The highest BCUT2D eigenvalue weighted by Gasteiger charge is 2.64. The molecule has 2 aliphatic rings. The summed E-state index contributed by atoms with van der Waals surface area (Å²) in [5.41, 5.74) is 1.47. The summed E-state index contributed by atoms with van der Waals surface area (Å²) in [7, 11) is 1.59. The van der Waals surface area contributed by atoms with Crippen LogP contribution in [0.5, 0.6) is 5.75 Å². The topological polar surface area (TPSA) is 80.1 Å². The molecule has 186 valence electrons. The fraction of sp³-hybridized carbons (Fsp3) is 0.233. The van der Waals surface area contributed by atoms with Crippen LogP contribution in [-0.2, 0) is 16.9 Å². The molecule has 0 aliphatic carbocycles. The minimum atomic E-state index is -1.61. The van der Waals surface area contributed by atoms with Gasteiger partial charge in [0.25, 0.3) is 11.8 Å². The second kappa shape index (κ2) is 8.34. The zero-order valence-corrected chi connectivity index (χ0v) is 20.9. The van der Waals surface area contributed by atoms with Gasteiger partial charge in [-0.2, -0.15) is 0 Å². The Balaban J connectivity index is 1.67. The summed E-state index contributed by atoms with van der Waals surface area (Å²) in [4.78, 5) is 45.9. The monoisotopic (exact) mass is 494 g/mol. The Morgan fingerprint density at radius 1 is 0.973 bits per heavy atom. The summed E-state index contributed by atoms with van der Waals surface area (Å²) in [6.45, 7) is 4.47. The first kappa shape index (κ1) is 23.0. The van der Waals surface area contributed by atoms with Crippen LogP contribution in [0.4, 0.5) is 5.69 Å². The van der Waals surface area contributed by atoms with Gasteiger partial charge in [0.2, 0.25) is 5.76 Å². The van der Waals surface area contributed by atoms with Gasteiger partial charge in [0.05, 0.1) is 23.7 Å². The molecule has 2 amide bonds. The fourth-order valence-corrected chi connectivity index (χ4v) is 5.68. The maximum atomic E-state index is 14.5. The number of hydrogen-bond donors (Lipinski definition) is 0. The highest BCUT2D eigenvalue weighted by molar-refractivity contribution is 6.17. The molecule has 0 saturated heterocycles. The summed E-state index contributed by atoms with van der Waals surface area (Å²) in [5.74, 6) is -0.178. The second-order valence-corrected chi connectivity index (χ2v) is 9.56. The average Bonchev–Trinajstić information content (AvgIpc) is 3.30. The van der Waals surface area contributed by atoms with Gasteiger partial charge in [-0.05, 0) is 49.2 Å². The van der Waals surface area contributed by atoms with Crippen LogP contribution < -0.4 is 15.1 Å². The number of carbonyl (C=O) groups excluding carboxylic acids is 2. The molecular weight excluding hydrogens is 468 g/mol. The van der Waals surface area contributed by atoms with Crippen LogP contribution >= 0.6 is 0 Å². The Labute approximate surface area is 213 Å². The molecular formula is C30H26N2O5. The largest absolute Gasteiger partial charge is 0.497 e. The first-order chi connectivity index (χ1) is 17.9. The molecule has 0 radical (unpaired) electrons. The standard InChI is InChI=1S/C30H26N2O5/c1-4-15-31-23-8-6-5-7-22(23)30(29(31)35)25-26(33)21-16-18(2)9-14-24(21)37-27(25)28(34)32(30)17-19-10-12-20(36-3)13-11-19/h5-14,16H,4,15,17H2,1-3H3. The molecule has 7 nitrogen and oxygen atoms in total. The maximum Gasteiger partial charge on any atom is 0.291 e. The van der Waals surface area contributed by atoms with Crippen molar-refractivity contribution in [3.05, 3.63) is 105 Å². The van der Waals surface area contributed by atoms with Gasteiger partial charge < -0.3 is 19.0 Å². The number of carbonyl (C=O) groups is 2. The number of aryl methyl sites for hydroxylation is 1. The number of anilines is 1. The van der Waals surface area contributed by atoms with E-state index in [0.29, 0.717) is 34.5 Å². The van der Waals surface area contributed by atoms with Gasteiger partial charge in [-0.3, -0.25) is 14.4 Å². The van der Waals surface area contributed by atoms with E-state index in [9.17, 15) is 14.4 Å². The third-order valence-electron chi connectivity index (χ3n) is 7.34. The minimum absolute atomic E-state index is 0.0728.